The third kappa shape index (κ3) is 6.19. The molecule has 0 spiro atoms. The normalized spacial score (nSPS) is 11.1. The summed E-state index contributed by atoms with van der Waals surface area (Å²) >= 11 is 0. The van der Waals surface area contributed by atoms with Crippen molar-refractivity contribution >= 4 is 5.91 Å². The first-order chi connectivity index (χ1) is 14.4. The van der Waals surface area contributed by atoms with E-state index in [2.05, 4.69) is 10.2 Å². The first-order valence-corrected chi connectivity index (χ1v) is 9.92. The highest BCUT2D eigenvalue weighted by Gasteiger charge is 2.15. The van der Waals surface area contributed by atoms with Crippen molar-refractivity contribution in [2.75, 3.05) is 7.11 Å². The van der Waals surface area contributed by atoms with Gasteiger partial charge in [0.15, 0.2) is 5.76 Å². The summed E-state index contributed by atoms with van der Waals surface area (Å²) in [7, 11) is 1.63. The van der Waals surface area contributed by atoms with Gasteiger partial charge in [-0.25, -0.2) is 4.39 Å². The largest absolute Gasteiger partial charge is 0.497 e. The molecule has 30 heavy (non-hydrogen) atoms. The number of hydrogen-bond acceptors (Lipinski definition) is 4. The van der Waals surface area contributed by atoms with Crippen LogP contribution in [0.3, 0.4) is 0 Å². The molecule has 0 aliphatic heterocycles. The van der Waals surface area contributed by atoms with Crippen LogP contribution in [0.2, 0.25) is 0 Å². The van der Waals surface area contributed by atoms with Gasteiger partial charge >= 0.3 is 0 Å². The highest BCUT2D eigenvalue weighted by molar-refractivity contribution is 5.91. The van der Waals surface area contributed by atoms with Gasteiger partial charge in [-0.05, 0) is 61.4 Å². The van der Waals surface area contributed by atoms with E-state index in [-0.39, 0.29) is 23.5 Å². The van der Waals surface area contributed by atoms with Crippen LogP contribution in [-0.2, 0) is 19.6 Å². The van der Waals surface area contributed by atoms with Gasteiger partial charge in [0.25, 0.3) is 5.91 Å². The number of nitrogens with one attached hydrogen (secondary N) is 1. The summed E-state index contributed by atoms with van der Waals surface area (Å²) in [4.78, 5) is 14.3. The Morgan fingerprint density at radius 1 is 1.03 bits per heavy atom. The molecule has 0 saturated heterocycles. The minimum atomic E-state index is -0.262. The first kappa shape index (κ1) is 21.6. The average Bonchev–Trinajstić information content (AvgIpc) is 3.17. The molecule has 0 saturated carbocycles. The monoisotopic (exact) mass is 410 g/mol. The predicted octanol–water partition coefficient (Wildman–Crippen LogP) is 4.77. The van der Waals surface area contributed by atoms with E-state index >= 15 is 0 Å². The summed E-state index contributed by atoms with van der Waals surface area (Å²) in [6, 6.07) is 17.9. The molecule has 0 radical (unpaired) electrons. The van der Waals surface area contributed by atoms with Gasteiger partial charge in [-0.2, -0.15) is 0 Å². The maximum atomic E-state index is 13.7. The van der Waals surface area contributed by atoms with Crippen molar-refractivity contribution in [2.45, 2.75) is 39.5 Å². The first-order valence-electron chi connectivity index (χ1n) is 9.92. The molecule has 5 nitrogen and oxygen atoms in total. The van der Waals surface area contributed by atoms with E-state index in [4.69, 9.17) is 9.15 Å². The Balaban J connectivity index is 1.76. The van der Waals surface area contributed by atoms with Crippen LogP contribution < -0.4 is 10.1 Å². The summed E-state index contributed by atoms with van der Waals surface area (Å²) in [5.41, 5.74) is 1.96. The topological polar surface area (TPSA) is 54.7 Å². The highest BCUT2D eigenvalue weighted by Crippen LogP contribution is 2.19. The number of ether oxygens (including phenoxy) is 1. The van der Waals surface area contributed by atoms with Gasteiger partial charge in [-0.1, -0.05) is 24.3 Å². The maximum Gasteiger partial charge on any atom is 0.287 e. The fourth-order valence-electron chi connectivity index (χ4n) is 3.19. The zero-order valence-corrected chi connectivity index (χ0v) is 17.5. The molecule has 0 atom stereocenters. The lowest BCUT2D eigenvalue weighted by Gasteiger charge is -2.22. The summed E-state index contributed by atoms with van der Waals surface area (Å²) in [5.74, 6) is 1.26. The lowest BCUT2D eigenvalue weighted by molar-refractivity contribution is 0.0910. The van der Waals surface area contributed by atoms with Crippen LogP contribution in [0.1, 0.15) is 41.3 Å². The van der Waals surface area contributed by atoms with Crippen molar-refractivity contribution in [1.82, 2.24) is 10.2 Å². The molecule has 2 aromatic carbocycles. The van der Waals surface area contributed by atoms with Gasteiger partial charge in [-0.3, -0.25) is 9.69 Å². The zero-order chi connectivity index (χ0) is 21.5. The van der Waals surface area contributed by atoms with Gasteiger partial charge in [0.05, 0.1) is 13.7 Å². The Morgan fingerprint density at radius 2 is 1.77 bits per heavy atom. The second-order valence-electron chi connectivity index (χ2n) is 7.52. The smallest absolute Gasteiger partial charge is 0.287 e. The van der Waals surface area contributed by atoms with Crippen molar-refractivity contribution in [3.8, 4) is 5.75 Å². The summed E-state index contributed by atoms with van der Waals surface area (Å²) < 4.78 is 24.6. The fourth-order valence-corrected chi connectivity index (χ4v) is 3.19. The molecule has 3 rings (SSSR count). The molecule has 1 N–H and O–H groups in total. The predicted molar refractivity (Wildman–Crippen MR) is 114 cm³/mol. The van der Waals surface area contributed by atoms with Crippen molar-refractivity contribution in [1.29, 1.82) is 0 Å². The number of amides is 1. The van der Waals surface area contributed by atoms with Gasteiger partial charge in [0.1, 0.15) is 17.3 Å². The Morgan fingerprint density at radius 3 is 2.43 bits per heavy atom. The number of carbonyl (C=O) groups is 1. The Hall–Kier alpha value is -3.12. The Labute approximate surface area is 176 Å². The lowest BCUT2D eigenvalue weighted by atomic mass is 10.1. The van der Waals surface area contributed by atoms with Gasteiger partial charge in [0, 0.05) is 19.1 Å². The van der Waals surface area contributed by atoms with Crippen LogP contribution in [0.4, 0.5) is 4.39 Å². The van der Waals surface area contributed by atoms with E-state index in [9.17, 15) is 9.18 Å². The molecule has 0 unspecified atom stereocenters. The molecular formula is C24H27FN2O3. The molecule has 1 aromatic heterocycles. The van der Waals surface area contributed by atoms with Gasteiger partial charge in [-0.15, -0.1) is 0 Å². The van der Waals surface area contributed by atoms with E-state index in [0.29, 0.717) is 25.4 Å². The minimum absolute atomic E-state index is 0.0330. The molecule has 1 amide bonds. The van der Waals surface area contributed by atoms with Crippen LogP contribution in [0.25, 0.3) is 0 Å². The van der Waals surface area contributed by atoms with Crippen molar-refractivity contribution in [3.05, 3.63) is 89.1 Å². The fraction of sp³-hybridized carbons (Fsp3) is 0.292. The second-order valence-corrected chi connectivity index (χ2v) is 7.52. The van der Waals surface area contributed by atoms with Crippen LogP contribution in [0, 0.1) is 5.82 Å². The maximum absolute atomic E-state index is 13.7. The molecular weight excluding hydrogens is 383 g/mol. The summed E-state index contributed by atoms with van der Waals surface area (Å²) in [6.45, 7) is 5.46. The molecule has 1 heterocycles. The number of carbonyl (C=O) groups excluding carboxylic acids is 1. The highest BCUT2D eigenvalue weighted by atomic mass is 19.1. The number of furan rings is 1. The number of benzene rings is 2. The molecule has 158 valence electrons. The SMILES string of the molecule is COc1ccc(CN(Cc2cccc(F)c2)Cc2ccc(C(=O)NC(C)C)o2)cc1. The molecule has 0 fully saturated rings. The van der Waals surface area contributed by atoms with E-state index in [0.717, 1.165) is 16.9 Å². The van der Waals surface area contributed by atoms with Crippen LogP contribution >= 0.6 is 0 Å². The van der Waals surface area contributed by atoms with Crippen molar-refractivity contribution < 1.29 is 18.3 Å². The molecule has 0 aliphatic carbocycles. The molecule has 0 aliphatic rings. The second kappa shape index (κ2) is 10.1. The van der Waals surface area contributed by atoms with Gasteiger partial charge in [0.2, 0.25) is 0 Å². The minimum Gasteiger partial charge on any atom is -0.497 e. The quantitative estimate of drug-likeness (QED) is 0.552. The number of rotatable bonds is 9. The lowest BCUT2D eigenvalue weighted by Crippen LogP contribution is -2.29. The summed E-state index contributed by atoms with van der Waals surface area (Å²) in [6.07, 6.45) is 0. The average molecular weight is 410 g/mol. The van der Waals surface area contributed by atoms with Crippen molar-refractivity contribution in [2.24, 2.45) is 0 Å². The van der Waals surface area contributed by atoms with Crippen LogP contribution in [-0.4, -0.2) is 24.0 Å². The van der Waals surface area contributed by atoms with E-state index < -0.39 is 0 Å². The van der Waals surface area contributed by atoms with E-state index in [1.165, 1.54) is 12.1 Å². The summed E-state index contributed by atoms with van der Waals surface area (Å²) in [5, 5.41) is 2.82. The Kier molecular flexibility index (Phi) is 7.25. The molecule has 0 bridgehead atoms. The van der Waals surface area contributed by atoms with E-state index in [1.807, 2.05) is 50.2 Å². The van der Waals surface area contributed by atoms with Gasteiger partial charge < -0.3 is 14.5 Å². The number of halogens is 1. The number of hydrogen-bond donors (Lipinski definition) is 1. The Bertz CT molecular complexity index is 967. The van der Waals surface area contributed by atoms with E-state index in [1.54, 1.807) is 19.2 Å². The standard InChI is InChI=1S/C24H27FN2O3/c1-17(2)26-24(28)23-12-11-22(30-23)16-27(15-19-5-4-6-20(25)13-19)14-18-7-9-21(29-3)10-8-18/h4-13,17H,14-16H2,1-3H3,(H,26,28). The molecule has 6 heteroatoms. The third-order valence-electron chi connectivity index (χ3n) is 4.55. The van der Waals surface area contributed by atoms with Crippen LogP contribution in [0.5, 0.6) is 5.75 Å². The zero-order valence-electron chi connectivity index (χ0n) is 17.5. The molecule has 3 aromatic rings. The van der Waals surface area contributed by atoms with Crippen LogP contribution in [0.15, 0.2) is 65.1 Å². The number of nitrogens with zero attached hydrogens (tertiary/aromatic N) is 1. The third-order valence-corrected chi connectivity index (χ3v) is 4.55. The van der Waals surface area contributed by atoms with Crippen molar-refractivity contribution in [3.63, 3.8) is 0 Å². The number of methoxy groups -OCH3 is 1.